The molecule has 6 nitrogen and oxygen atoms in total. The molecule has 0 spiro atoms. The van der Waals surface area contributed by atoms with Crippen molar-refractivity contribution in [2.45, 2.75) is 50.4 Å². The molecule has 1 unspecified atom stereocenters. The summed E-state index contributed by atoms with van der Waals surface area (Å²) in [6.07, 6.45) is 5.21. The van der Waals surface area contributed by atoms with E-state index in [4.69, 9.17) is 9.73 Å². The zero-order chi connectivity index (χ0) is 22.4. The van der Waals surface area contributed by atoms with E-state index in [1.165, 1.54) is 24.0 Å². The molecule has 0 saturated heterocycles. The van der Waals surface area contributed by atoms with E-state index in [0.717, 1.165) is 43.3 Å². The number of aliphatic imine (C=N–C) groups is 1. The van der Waals surface area contributed by atoms with Gasteiger partial charge in [0.25, 0.3) is 0 Å². The van der Waals surface area contributed by atoms with Gasteiger partial charge in [0.2, 0.25) is 5.91 Å². The Kier molecular flexibility index (Phi) is 9.00. The Morgan fingerprint density at radius 2 is 1.94 bits per heavy atom. The van der Waals surface area contributed by atoms with Gasteiger partial charge >= 0.3 is 0 Å². The van der Waals surface area contributed by atoms with Crippen molar-refractivity contribution < 1.29 is 9.53 Å². The number of methoxy groups -OCH3 is 1. The molecular weight excluding hydrogens is 527 g/mol. The van der Waals surface area contributed by atoms with E-state index in [-0.39, 0.29) is 41.2 Å². The molecule has 2 aliphatic rings. The number of para-hydroxylation sites is 1. The number of carbonyl (C=O) groups is 1. The number of benzene rings is 2. The Hall–Kier alpha value is -2.29. The predicted molar refractivity (Wildman–Crippen MR) is 145 cm³/mol. The number of halogens is 1. The van der Waals surface area contributed by atoms with Crippen LogP contribution < -0.4 is 20.7 Å². The summed E-state index contributed by atoms with van der Waals surface area (Å²) in [6, 6.07) is 16.5. The third kappa shape index (κ3) is 5.99. The van der Waals surface area contributed by atoms with Crippen molar-refractivity contribution in [1.82, 2.24) is 10.6 Å². The van der Waals surface area contributed by atoms with Crippen LogP contribution in [-0.4, -0.2) is 38.6 Å². The molecule has 2 aromatic carbocycles. The second-order valence-corrected chi connectivity index (χ2v) is 8.83. The fourth-order valence-corrected chi connectivity index (χ4v) is 5.02. The lowest BCUT2D eigenvalue weighted by molar-refractivity contribution is -0.116. The zero-order valence-corrected chi connectivity index (χ0v) is 21.9. The minimum Gasteiger partial charge on any atom is -0.497 e. The predicted octanol–water partition coefficient (Wildman–Crippen LogP) is 4.81. The van der Waals surface area contributed by atoms with Gasteiger partial charge in [-0.2, -0.15) is 0 Å². The van der Waals surface area contributed by atoms with Gasteiger partial charge in [-0.05, 0) is 49.1 Å². The van der Waals surface area contributed by atoms with Gasteiger partial charge < -0.3 is 20.7 Å². The van der Waals surface area contributed by atoms with Crippen LogP contribution in [0.1, 0.15) is 56.1 Å². The van der Waals surface area contributed by atoms with Gasteiger partial charge in [0.1, 0.15) is 5.75 Å². The van der Waals surface area contributed by atoms with Crippen LogP contribution in [0.4, 0.5) is 5.69 Å². The highest BCUT2D eigenvalue weighted by Crippen LogP contribution is 2.42. The van der Waals surface area contributed by atoms with Gasteiger partial charge in [0.05, 0.1) is 13.7 Å². The number of hydrogen-bond donors (Lipinski definition) is 3. The molecule has 1 atom stereocenters. The summed E-state index contributed by atoms with van der Waals surface area (Å²) in [7, 11) is 1.72. The molecule has 0 radical (unpaired) electrons. The molecule has 1 saturated carbocycles. The molecule has 1 heterocycles. The Morgan fingerprint density at radius 3 is 2.70 bits per heavy atom. The van der Waals surface area contributed by atoms with Crippen LogP contribution >= 0.6 is 24.0 Å². The van der Waals surface area contributed by atoms with Crippen molar-refractivity contribution >= 4 is 41.5 Å². The molecule has 0 bridgehead atoms. The summed E-state index contributed by atoms with van der Waals surface area (Å²) < 4.78 is 5.47. The third-order valence-electron chi connectivity index (χ3n) is 6.75. The molecule has 2 aromatic rings. The monoisotopic (exact) mass is 562 g/mol. The van der Waals surface area contributed by atoms with Crippen molar-refractivity contribution in [3.63, 3.8) is 0 Å². The Morgan fingerprint density at radius 1 is 1.15 bits per heavy atom. The van der Waals surface area contributed by atoms with Crippen LogP contribution in [0.25, 0.3) is 0 Å². The topological polar surface area (TPSA) is 74.8 Å². The first-order valence-corrected chi connectivity index (χ1v) is 11.7. The van der Waals surface area contributed by atoms with Crippen molar-refractivity contribution in [3.05, 3.63) is 59.7 Å². The fraction of sp³-hybridized carbons (Fsp3) is 0.462. The highest BCUT2D eigenvalue weighted by Gasteiger charge is 2.36. The van der Waals surface area contributed by atoms with Crippen LogP contribution in [0.3, 0.4) is 0 Å². The van der Waals surface area contributed by atoms with Crippen molar-refractivity contribution in [3.8, 4) is 5.75 Å². The molecule has 3 N–H and O–H groups in total. The largest absolute Gasteiger partial charge is 0.497 e. The van der Waals surface area contributed by atoms with Gasteiger partial charge in [0.15, 0.2) is 5.96 Å². The molecule has 1 fully saturated rings. The van der Waals surface area contributed by atoms with E-state index >= 15 is 0 Å². The van der Waals surface area contributed by atoms with Gasteiger partial charge in [0, 0.05) is 36.5 Å². The van der Waals surface area contributed by atoms with E-state index in [1.807, 2.05) is 24.3 Å². The second kappa shape index (κ2) is 11.7. The second-order valence-electron chi connectivity index (χ2n) is 8.83. The number of fused-ring (bicyclic) bond motifs is 1. The maximum absolute atomic E-state index is 12.2. The highest BCUT2D eigenvalue weighted by molar-refractivity contribution is 14.0. The number of hydrogen-bond acceptors (Lipinski definition) is 3. The number of nitrogens with one attached hydrogen (secondary N) is 3. The Bertz CT molecular complexity index is 972. The molecule has 33 heavy (non-hydrogen) atoms. The number of anilines is 1. The maximum Gasteiger partial charge on any atom is 0.225 e. The van der Waals surface area contributed by atoms with Crippen molar-refractivity contribution in [2.24, 2.45) is 4.99 Å². The third-order valence-corrected chi connectivity index (χ3v) is 6.75. The van der Waals surface area contributed by atoms with Crippen molar-refractivity contribution in [1.29, 1.82) is 0 Å². The van der Waals surface area contributed by atoms with Crippen molar-refractivity contribution in [2.75, 3.05) is 32.1 Å². The van der Waals surface area contributed by atoms with E-state index < -0.39 is 0 Å². The number of guanidine groups is 1. The van der Waals surface area contributed by atoms with E-state index in [2.05, 4.69) is 47.1 Å². The van der Waals surface area contributed by atoms with E-state index in [0.29, 0.717) is 13.0 Å². The number of rotatable bonds is 7. The van der Waals surface area contributed by atoms with Gasteiger partial charge in [-0.1, -0.05) is 43.2 Å². The SMILES string of the molecule is CCNC(=NCC1(c2cccc(OC)c2)CCCC1)NCC1CC(=O)Nc2ccccc21.I. The van der Waals surface area contributed by atoms with Gasteiger partial charge in [-0.25, -0.2) is 0 Å². The van der Waals surface area contributed by atoms with Gasteiger partial charge in [-0.15, -0.1) is 24.0 Å². The number of nitrogens with zero attached hydrogens (tertiary/aromatic N) is 1. The lowest BCUT2D eigenvalue weighted by Gasteiger charge is -2.29. The summed E-state index contributed by atoms with van der Waals surface area (Å²) in [6.45, 7) is 4.27. The highest BCUT2D eigenvalue weighted by atomic mass is 127. The normalized spacial score (nSPS) is 19.2. The molecule has 4 rings (SSSR count). The summed E-state index contributed by atoms with van der Waals surface area (Å²) >= 11 is 0. The van der Waals surface area contributed by atoms with Crippen LogP contribution in [0.5, 0.6) is 5.75 Å². The summed E-state index contributed by atoms with van der Waals surface area (Å²) in [5, 5.41) is 9.86. The molecule has 178 valence electrons. The molecule has 7 heteroatoms. The molecule has 1 aliphatic heterocycles. The smallest absolute Gasteiger partial charge is 0.225 e. The minimum absolute atomic E-state index is 0. The summed E-state index contributed by atoms with van der Waals surface area (Å²) in [5.74, 6) is 1.91. The van der Waals surface area contributed by atoms with Gasteiger partial charge in [-0.3, -0.25) is 9.79 Å². The lowest BCUT2D eigenvalue weighted by Crippen LogP contribution is -2.41. The molecule has 1 amide bonds. The van der Waals surface area contributed by atoms with E-state index in [1.54, 1.807) is 7.11 Å². The Labute approximate surface area is 214 Å². The zero-order valence-electron chi connectivity index (χ0n) is 19.5. The van der Waals surface area contributed by atoms with Crippen LogP contribution in [-0.2, 0) is 10.2 Å². The Balaban J connectivity index is 0.00000306. The van der Waals surface area contributed by atoms with Crippen LogP contribution in [0.15, 0.2) is 53.5 Å². The average molecular weight is 562 g/mol. The first-order valence-electron chi connectivity index (χ1n) is 11.7. The number of carbonyl (C=O) groups excluding carboxylic acids is 1. The fourth-order valence-electron chi connectivity index (χ4n) is 5.02. The van der Waals surface area contributed by atoms with E-state index in [9.17, 15) is 4.79 Å². The molecule has 0 aromatic heterocycles. The minimum atomic E-state index is 0. The van der Waals surface area contributed by atoms with Crippen LogP contribution in [0, 0.1) is 0 Å². The summed E-state index contributed by atoms with van der Waals surface area (Å²) in [5.41, 5.74) is 3.46. The number of amides is 1. The summed E-state index contributed by atoms with van der Waals surface area (Å²) in [4.78, 5) is 17.2. The quantitative estimate of drug-likeness (QED) is 0.258. The molecule has 1 aliphatic carbocycles. The standard InChI is InChI=1S/C26H34N4O2.HI/c1-3-27-25(28-17-19-15-24(31)30-23-12-5-4-11-22(19)23)29-18-26(13-6-7-14-26)20-9-8-10-21(16-20)32-2;/h4-5,8-12,16,19H,3,6-7,13-15,17-18H2,1-2H3,(H,30,31)(H2,27,28,29);1H. The first-order chi connectivity index (χ1) is 15.6. The number of ether oxygens (including phenoxy) is 1. The average Bonchev–Trinajstić information content (AvgIpc) is 3.31. The molecular formula is C26H35IN4O2. The lowest BCUT2D eigenvalue weighted by atomic mass is 9.79. The first kappa shape index (κ1) is 25.3. The maximum atomic E-state index is 12.2. The van der Waals surface area contributed by atoms with Crippen LogP contribution in [0.2, 0.25) is 0 Å².